The van der Waals surface area contributed by atoms with Gasteiger partial charge in [-0.05, 0) is 34.5 Å². The lowest BCUT2D eigenvalue weighted by Crippen LogP contribution is -2.48. The summed E-state index contributed by atoms with van der Waals surface area (Å²) in [6.07, 6.45) is 0.674. The minimum atomic E-state index is 0.0948. The van der Waals surface area contributed by atoms with E-state index in [1.807, 2.05) is 65.6 Å². The van der Waals surface area contributed by atoms with Crippen LogP contribution in [0.4, 0.5) is 5.13 Å². The first-order chi connectivity index (χ1) is 15.7. The fourth-order valence-corrected chi connectivity index (χ4v) is 4.83. The van der Waals surface area contributed by atoms with Crippen molar-refractivity contribution in [3.05, 3.63) is 83.7 Å². The summed E-state index contributed by atoms with van der Waals surface area (Å²) in [6, 6.07) is 21.9. The summed E-state index contributed by atoms with van der Waals surface area (Å²) in [5.41, 5.74) is 1.90. The number of benzene rings is 3. The Morgan fingerprint density at radius 3 is 2.62 bits per heavy atom. The van der Waals surface area contributed by atoms with Gasteiger partial charge in [-0.25, -0.2) is 4.98 Å². The lowest BCUT2D eigenvalue weighted by Gasteiger charge is -2.34. The summed E-state index contributed by atoms with van der Waals surface area (Å²) in [5, 5.41) is 3.02. The number of carbonyl (C=O) groups excluding carboxylic acids is 1. The van der Waals surface area contributed by atoms with Crippen molar-refractivity contribution in [1.82, 2.24) is 14.3 Å². The smallest absolute Gasteiger partial charge is 0.254 e. The Hall–Kier alpha value is -3.45. The van der Waals surface area contributed by atoms with Crippen molar-refractivity contribution in [2.24, 2.45) is 0 Å². The maximum absolute atomic E-state index is 13.2. The predicted octanol–water partition coefficient (Wildman–Crippen LogP) is 4.25. The number of amides is 1. The Balaban J connectivity index is 1.23. The van der Waals surface area contributed by atoms with E-state index in [2.05, 4.69) is 15.3 Å². The van der Waals surface area contributed by atoms with Crippen LogP contribution in [-0.2, 0) is 6.42 Å². The van der Waals surface area contributed by atoms with Gasteiger partial charge in [0.05, 0.1) is 7.11 Å². The van der Waals surface area contributed by atoms with Crippen LogP contribution in [0.2, 0.25) is 0 Å². The molecule has 0 unspecified atom stereocenters. The van der Waals surface area contributed by atoms with E-state index in [-0.39, 0.29) is 5.91 Å². The standard InChI is InChI=1S/C25H24N4O2S/c1-31-20-9-4-6-18(16-20)17-23-26-25(32-27-23)29-14-12-28(13-15-29)24(30)22-11-5-8-19-7-2-3-10-21(19)22/h2-11,16H,12-15,17H2,1H3. The number of methoxy groups -OCH3 is 1. The molecule has 32 heavy (non-hydrogen) atoms. The molecule has 162 valence electrons. The van der Waals surface area contributed by atoms with E-state index in [1.54, 1.807) is 7.11 Å². The summed E-state index contributed by atoms with van der Waals surface area (Å²) in [4.78, 5) is 22.1. The van der Waals surface area contributed by atoms with E-state index in [0.717, 1.165) is 51.7 Å². The molecule has 1 fully saturated rings. The molecule has 6 nitrogen and oxygen atoms in total. The number of anilines is 1. The molecule has 1 aromatic heterocycles. The second kappa shape index (κ2) is 8.96. The highest BCUT2D eigenvalue weighted by atomic mass is 32.1. The number of nitrogens with zero attached hydrogens (tertiary/aromatic N) is 4. The van der Waals surface area contributed by atoms with E-state index < -0.39 is 0 Å². The van der Waals surface area contributed by atoms with Gasteiger partial charge < -0.3 is 14.5 Å². The number of ether oxygens (including phenoxy) is 1. The van der Waals surface area contributed by atoms with Crippen LogP contribution in [0.15, 0.2) is 66.7 Å². The van der Waals surface area contributed by atoms with Crippen LogP contribution >= 0.6 is 11.5 Å². The van der Waals surface area contributed by atoms with Crippen LogP contribution in [0, 0.1) is 0 Å². The van der Waals surface area contributed by atoms with Crippen LogP contribution in [0.3, 0.4) is 0 Å². The molecular formula is C25H24N4O2S. The van der Waals surface area contributed by atoms with Crippen molar-refractivity contribution in [1.29, 1.82) is 0 Å². The third kappa shape index (κ3) is 4.16. The molecule has 1 saturated heterocycles. The number of hydrogen-bond donors (Lipinski definition) is 0. The maximum Gasteiger partial charge on any atom is 0.254 e. The SMILES string of the molecule is COc1cccc(Cc2nsc(N3CCN(C(=O)c4cccc5ccccc45)CC3)n2)c1. The zero-order chi connectivity index (χ0) is 21.9. The third-order valence-corrected chi connectivity index (χ3v) is 6.63. The van der Waals surface area contributed by atoms with Gasteiger partial charge in [-0.3, -0.25) is 4.79 Å². The molecule has 0 bridgehead atoms. The van der Waals surface area contributed by atoms with E-state index in [1.165, 1.54) is 11.5 Å². The number of hydrogen-bond acceptors (Lipinski definition) is 6. The molecule has 1 aliphatic rings. The molecule has 1 aliphatic heterocycles. The number of rotatable bonds is 5. The molecule has 0 saturated carbocycles. The van der Waals surface area contributed by atoms with Gasteiger partial charge in [0.1, 0.15) is 11.6 Å². The molecule has 0 radical (unpaired) electrons. The summed E-state index contributed by atoms with van der Waals surface area (Å²) >= 11 is 1.42. The summed E-state index contributed by atoms with van der Waals surface area (Å²) in [6.45, 7) is 2.86. The molecule has 4 aromatic rings. The maximum atomic E-state index is 13.2. The average molecular weight is 445 g/mol. The lowest BCUT2D eigenvalue weighted by molar-refractivity contribution is 0.0748. The van der Waals surface area contributed by atoms with Crippen molar-refractivity contribution >= 4 is 33.3 Å². The Labute approximate surface area is 191 Å². The molecule has 0 N–H and O–H groups in total. The van der Waals surface area contributed by atoms with E-state index in [9.17, 15) is 4.79 Å². The minimum Gasteiger partial charge on any atom is -0.497 e. The first-order valence-electron chi connectivity index (χ1n) is 10.7. The van der Waals surface area contributed by atoms with Crippen molar-refractivity contribution in [3.63, 3.8) is 0 Å². The van der Waals surface area contributed by atoms with E-state index >= 15 is 0 Å². The molecular weight excluding hydrogens is 420 g/mol. The van der Waals surface area contributed by atoms with Gasteiger partial charge in [0.25, 0.3) is 5.91 Å². The summed E-state index contributed by atoms with van der Waals surface area (Å²) < 4.78 is 9.84. The molecule has 5 rings (SSSR count). The largest absolute Gasteiger partial charge is 0.497 e. The second-order valence-electron chi connectivity index (χ2n) is 7.83. The second-order valence-corrected chi connectivity index (χ2v) is 8.56. The van der Waals surface area contributed by atoms with Crippen molar-refractivity contribution in [2.45, 2.75) is 6.42 Å². The fraction of sp³-hybridized carbons (Fsp3) is 0.240. The van der Waals surface area contributed by atoms with Crippen LogP contribution in [0.1, 0.15) is 21.7 Å². The van der Waals surface area contributed by atoms with Crippen molar-refractivity contribution in [2.75, 3.05) is 38.2 Å². The van der Waals surface area contributed by atoms with Crippen LogP contribution in [0.25, 0.3) is 10.8 Å². The zero-order valence-electron chi connectivity index (χ0n) is 17.9. The van der Waals surface area contributed by atoms with Gasteiger partial charge in [-0.1, -0.05) is 48.5 Å². The first kappa shape index (κ1) is 20.5. The molecule has 2 heterocycles. The van der Waals surface area contributed by atoms with Crippen molar-refractivity contribution in [3.8, 4) is 5.75 Å². The fourth-order valence-electron chi connectivity index (χ4n) is 4.09. The summed E-state index contributed by atoms with van der Waals surface area (Å²) in [7, 11) is 1.67. The Bertz CT molecular complexity index is 1240. The van der Waals surface area contributed by atoms with Crippen molar-refractivity contribution < 1.29 is 9.53 Å². The van der Waals surface area contributed by atoms with E-state index in [0.29, 0.717) is 19.5 Å². The molecule has 3 aromatic carbocycles. The van der Waals surface area contributed by atoms with E-state index in [4.69, 9.17) is 9.72 Å². The first-order valence-corrected chi connectivity index (χ1v) is 11.5. The van der Waals surface area contributed by atoms with Crippen LogP contribution in [0.5, 0.6) is 5.75 Å². The lowest BCUT2D eigenvalue weighted by atomic mass is 10.0. The van der Waals surface area contributed by atoms with Gasteiger partial charge in [0.15, 0.2) is 0 Å². The highest BCUT2D eigenvalue weighted by Crippen LogP contribution is 2.24. The van der Waals surface area contributed by atoms with Gasteiger partial charge in [-0.2, -0.15) is 4.37 Å². The molecule has 7 heteroatoms. The van der Waals surface area contributed by atoms with Crippen LogP contribution < -0.4 is 9.64 Å². The number of carbonyl (C=O) groups is 1. The molecule has 0 aliphatic carbocycles. The highest BCUT2D eigenvalue weighted by Gasteiger charge is 2.25. The number of fused-ring (bicyclic) bond motifs is 1. The normalized spacial score (nSPS) is 14.0. The van der Waals surface area contributed by atoms with Gasteiger partial charge in [-0.15, -0.1) is 0 Å². The zero-order valence-corrected chi connectivity index (χ0v) is 18.7. The number of piperazine rings is 1. The quantitative estimate of drug-likeness (QED) is 0.461. The van der Waals surface area contributed by atoms with Gasteiger partial charge >= 0.3 is 0 Å². The predicted molar refractivity (Wildman–Crippen MR) is 128 cm³/mol. The molecule has 1 amide bonds. The molecule has 0 atom stereocenters. The third-order valence-electron chi connectivity index (χ3n) is 5.81. The topological polar surface area (TPSA) is 58.6 Å². The Morgan fingerprint density at radius 2 is 1.78 bits per heavy atom. The van der Waals surface area contributed by atoms with Gasteiger partial charge in [0, 0.05) is 49.7 Å². The number of aromatic nitrogens is 2. The minimum absolute atomic E-state index is 0.0948. The summed E-state index contributed by atoms with van der Waals surface area (Å²) in [5.74, 6) is 1.75. The Kier molecular flexibility index (Phi) is 5.73. The molecule has 0 spiro atoms. The highest BCUT2D eigenvalue weighted by molar-refractivity contribution is 7.09. The Morgan fingerprint density at radius 1 is 1.00 bits per heavy atom. The van der Waals surface area contributed by atoms with Crippen LogP contribution in [-0.4, -0.2) is 53.5 Å². The average Bonchev–Trinajstić information content (AvgIpc) is 3.32. The van der Waals surface area contributed by atoms with Gasteiger partial charge in [0.2, 0.25) is 5.13 Å². The monoisotopic (exact) mass is 444 g/mol.